The Balaban J connectivity index is 0.00000242. The van der Waals surface area contributed by atoms with Gasteiger partial charge in [0.25, 0.3) is 0 Å². The summed E-state index contributed by atoms with van der Waals surface area (Å²) < 4.78 is 0. The molecule has 1 heterocycles. The van der Waals surface area contributed by atoms with Crippen molar-refractivity contribution in [1.82, 2.24) is 4.90 Å². The van der Waals surface area contributed by atoms with Crippen LogP contribution in [0.4, 0.5) is 5.69 Å². The van der Waals surface area contributed by atoms with Crippen LogP contribution in [-0.2, 0) is 9.59 Å². The van der Waals surface area contributed by atoms with Crippen LogP contribution in [0.2, 0.25) is 10.0 Å². The predicted molar refractivity (Wildman–Crippen MR) is 89.1 cm³/mol. The Bertz CT molecular complexity index is 568. The Morgan fingerprint density at radius 1 is 1.41 bits per heavy atom. The zero-order valence-electron chi connectivity index (χ0n) is 11.9. The molecule has 0 spiro atoms. The fourth-order valence-electron chi connectivity index (χ4n) is 2.34. The summed E-state index contributed by atoms with van der Waals surface area (Å²) in [6.07, 6.45) is 0.560. The van der Waals surface area contributed by atoms with Gasteiger partial charge in [-0.15, -0.1) is 12.4 Å². The van der Waals surface area contributed by atoms with Crippen molar-refractivity contribution in [1.29, 1.82) is 0 Å². The van der Waals surface area contributed by atoms with E-state index in [1.54, 1.807) is 25.1 Å². The molecule has 2 rings (SSSR count). The minimum Gasteiger partial charge on any atom is -0.481 e. The first-order valence-corrected chi connectivity index (χ1v) is 7.37. The quantitative estimate of drug-likeness (QED) is 0.857. The first-order chi connectivity index (χ1) is 9.88. The fraction of sp³-hybridized carbons (Fsp3) is 0.429. The van der Waals surface area contributed by atoms with Gasteiger partial charge in [-0.2, -0.15) is 0 Å². The standard InChI is InChI=1S/C14H16Cl2N2O3.ClH/c1-8(18-5-4-9(7-18)14(20)21)13(19)17-12-6-10(15)2-3-11(12)16;/h2-3,6,8-9H,4-5,7H2,1H3,(H,17,19)(H,20,21);1H. The molecule has 8 heteroatoms. The van der Waals surface area contributed by atoms with E-state index in [2.05, 4.69) is 5.32 Å². The number of carboxylic acid groups (broad SMARTS) is 1. The Hall–Kier alpha value is -1.01. The molecule has 2 unspecified atom stereocenters. The molecular weight excluding hydrogens is 351 g/mol. The van der Waals surface area contributed by atoms with Gasteiger partial charge in [0, 0.05) is 11.6 Å². The predicted octanol–water partition coefficient (Wildman–Crippen LogP) is 3.15. The van der Waals surface area contributed by atoms with Gasteiger partial charge < -0.3 is 10.4 Å². The molecule has 0 bridgehead atoms. The van der Waals surface area contributed by atoms with Crippen molar-refractivity contribution < 1.29 is 14.7 Å². The number of hydrogen-bond donors (Lipinski definition) is 2. The van der Waals surface area contributed by atoms with Crippen LogP contribution in [0, 0.1) is 5.92 Å². The highest BCUT2D eigenvalue weighted by atomic mass is 35.5. The van der Waals surface area contributed by atoms with Crippen LogP contribution in [0.25, 0.3) is 0 Å². The summed E-state index contributed by atoms with van der Waals surface area (Å²) in [5.74, 6) is -1.46. The van der Waals surface area contributed by atoms with E-state index in [1.165, 1.54) is 0 Å². The van der Waals surface area contributed by atoms with Crippen LogP contribution in [0.15, 0.2) is 18.2 Å². The van der Waals surface area contributed by atoms with E-state index in [1.807, 2.05) is 4.90 Å². The van der Waals surface area contributed by atoms with Crippen LogP contribution in [0.5, 0.6) is 0 Å². The van der Waals surface area contributed by atoms with Gasteiger partial charge in [0.15, 0.2) is 0 Å². The number of likely N-dealkylation sites (tertiary alicyclic amines) is 1. The monoisotopic (exact) mass is 366 g/mol. The number of hydrogen-bond acceptors (Lipinski definition) is 3. The van der Waals surface area contributed by atoms with Crippen LogP contribution in [0.3, 0.4) is 0 Å². The smallest absolute Gasteiger partial charge is 0.307 e. The Morgan fingerprint density at radius 2 is 2.09 bits per heavy atom. The molecule has 0 saturated carbocycles. The molecule has 0 aliphatic carbocycles. The number of amides is 1. The molecule has 1 aliphatic rings. The molecular formula is C14H17Cl3N2O3. The summed E-state index contributed by atoms with van der Waals surface area (Å²) in [5, 5.41) is 12.6. The first kappa shape index (κ1) is 19.0. The molecule has 1 aliphatic heterocycles. The number of benzene rings is 1. The lowest BCUT2D eigenvalue weighted by Crippen LogP contribution is -2.41. The van der Waals surface area contributed by atoms with Gasteiger partial charge >= 0.3 is 5.97 Å². The molecule has 2 N–H and O–H groups in total. The minimum atomic E-state index is -0.817. The summed E-state index contributed by atoms with van der Waals surface area (Å²) in [5.41, 5.74) is 0.454. The molecule has 5 nitrogen and oxygen atoms in total. The Labute approximate surface area is 145 Å². The van der Waals surface area contributed by atoms with Crippen LogP contribution in [-0.4, -0.2) is 41.0 Å². The number of carbonyl (C=O) groups is 2. The second kappa shape index (κ2) is 8.02. The highest BCUT2D eigenvalue weighted by Gasteiger charge is 2.33. The van der Waals surface area contributed by atoms with Gasteiger partial charge in [-0.1, -0.05) is 23.2 Å². The van der Waals surface area contributed by atoms with Gasteiger partial charge in [-0.05, 0) is 38.1 Å². The van der Waals surface area contributed by atoms with Gasteiger partial charge in [-0.25, -0.2) is 0 Å². The van der Waals surface area contributed by atoms with Crippen LogP contribution < -0.4 is 5.32 Å². The summed E-state index contributed by atoms with van der Waals surface area (Å²) in [7, 11) is 0. The van der Waals surface area contributed by atoms with Crippen molar-refractivity contribution in [2.75, 3.05) is 18.4 Å². The van der Waals surface area contributed by atoms with Crippen molar-refractivity contribution in [2.45, 2.75) is 19.4 Å². The van der Waals surface area contributed by atoms with E-state index >= 15 is 0 Å². The third-order valence-electron chi connectivity index (χ3n) is 3.68. The van der Waals surface area contributed by atoms with Gasteiger partial charge in [0.05, 0.1) is 22.7 Å². The second-order valence-electron chi connectivity index (χ2n) is 5.11. The summed E-state index contributed by atoms with van der Waals surface area (Å²) >= 11 is 11.9. The van der Waals surface area contributed by atoms with Gasteiger partial charge in [0.2, 0.25) is 5.91 Å². The third-order valence-corrected chi connectivity index (χ3v) is 4.25. The van der Waals surface area contributed by atoms with Crippen LogP contribution >= 0.6 is 35.6 Å². The van der Waals surface area contributed by atoms with Crippen molar-refractivity contribution >= 4 is 53.2 Å². The van der Waals surface area contributed by atoms with Crippen LogP contribution in [0.1, 0.15) is 13.3 Å². The maximum atomic E-state index is 12.2. The van der Waals surface area contributed by atoms with E-state index in [0.717, 1.165) is 0 Å². The van der Waals surface area contributed by atoms with Crippen molar-refractivity contribution in [3.05, 3.63) is 28.2 Å². The maximum absolute atomic E-state index is 12.2. The number of nitrogens with zero attached hydrogens (tertiary/aromatic N) is 1. The number of halogens is 3. The number of carboxylic acids is 1. The molecule has 1 amide bonds. The average molecular weight is 368 g/mol. The average Bonchev–Trinajstić information content (AvgIpc) is 2.91. The Morgan fingerprint density at radius 3 is 2.68 bits per heavy atom. The lowest BCUT2D eigenvalue weighted by Gasteiger charge is -2.23. The maximum Gasteiger partial charge on any atom is 0.307 e. The molecule has 2 atom stereocenters. The number of aliphatic carboxylic acids is 1. The lowest BCUT2D eigenvalue weighted by atomic mass is 10.1. The van der Waals surface area contributed by atoms with Crippen molar-refractivity contribution in [3.8, 4) is 0 Å². The largest absolute Gasteiger partial charge is 0.481 e. The van der Waals surface area contributed by atoms with E-state index in [0.29, 0.717) is 35.2 Å². The van der Waals surface area contributed by atoms with E-state index < -0.39 is 17.9 Å². The van der Waals surface area contributed by atoms with Gasteiger partial charge in [-0.3, -0.25) is 14.5 Å². The third kappa shape index (κ3) is 4.49. The van der Waals surface area contributed by atoms with Crippen molar-refractivity contribution in [2.24, 2.45) is 5.92 Å². The molecule has 0 aromatic heterocycles. The Kier molecular flexibility index (Phi) is 6.94. The number of carbonyl (C=O) groups excluding carboxylic acids is 1. The molecule has 0 radical (unpaired) electrons. The van der Waals surface area contributed by atoms with Crippen molar-refractivity contribution in [3.63, 3.8) is 0 Å². The zero-order valence-corrected chi connectivity index (χ0v) is 14.2. The molecule has 1 fully saturated rings. The zero-order chi connectivity index (χ0) is 15.6. The normalized spacial score (nSPS) is 19.3. The van der Waals surface area contributed by atoms with E-state index in [4.69, 9.17) is 28.3 Å². The topological polar surface area (TPSA) is 69.6 Å². The highest BCUT2D eigenvalue weighted by Crippen LogP contribution is 2.26. The fourth-order valence-corrected chi connectivity index (χ4v) is 2.67. The molecule has 22 heavy (non-hydrogen) atoms. The van der Waals surface area contributed by atoms with Gasteiger partial charge in [0.1, 0.15) is 0 Å². The SMILES string of the molecule is CC(C(=O)Nc1cc(Cl)ccc1Cl)N1CCC(C(=O)O)C1.Cl. The first-order valence-electron chi connectivity index (χ1n) is 6.61. The highest BCUT2D eigenvalue weighted by molar-refractivity contribution is 6.35. The summed E-state index contributed by atoms with van der Waals surface area (Å²) in [6, 6.07) is 4.41. The lowest BCUT2D eigenvalue weighted by molar-refractivity contribution is -0.141. The number of nitrogens with one attached hydrogen (secondary N) is 1. The molecule has 122 valence electrons. The summed E-state index contributed by atoms with van der Waals surface area (Å²) in [4.78, 5) is 25.0. The van der Waals surface area contributed by atoms with E-state index in [9.17, 15) is 9.59 Å². The molecule has 1 aromatic carbocycles. The minimum absolute atomic E-state index is 0. The number of anilines is 1. The molecule has 1 aromatic rings. The summed E-state index contributed by atoms with van der Waals surface area (Å²) in [6.45, 7) is 2.72. The number of rotatable bonds is 4. The molecule has 1 saturated heterocycles. The van der Waals surface area contributed by atoms with E-state index in [-0.39, 0.29) is 18.3 Å². The second-order valence-corrected chi connectivity index (χ2v) is 5.95.